The van der Waals surface area contributed by atoms with Crippen LogP contribution < -0.4 is 5.32 Å². The molecule has 2 heterocycles. The summed E-state index contributed by atoms with van der Waals surface area (Å²) in [5.41, 5.74) is 0.961. The molecule has 1 unspecified atom stereocenters. The van der Waals surface area contributed by atoms with Crippen molar-refractivity contribution in [2.45, 2.75) is 12.5 Å². The number of fused-ring (bicyclic) bond motifs is 1. The third kappa shape index (κ3) is 1.84. The van der Waals surface area contributed by atoms with Crippen molar-refractivity contribution in [2.24, 2.45) is 0 Å². The first-order chi connectivity index (χ1) is 8.25. The average molecular weight is 296 g/mol. The molecule has 0 saturated heterocycles. The zero-order valence-corrected chi connectivity index (χ0v) is 10.6. The molecule has 17 heavy (non-hydrogen) atoms. The first-order valence-electron chi connectivity index (χ1n) is 5.48. The second-order valence-corrected chi connectivity index (χ2v) is 4.93. The molecule has 0 amide bonds. The maximum atomic E-state index is 13.2. The van der Waals surface area contributed by atoms with E-state index in [-0.39, 0.29) is 11.9 Å². The molecule has 3 nitrogen and oxygen atoms in total. The summed E-state index contributed by atoms with van der Waals surface area (Å²) >= 11 is 3.45. The first kappa shape index (κ1) is 10.8. The Morgan fingerprint density at radius 3 is 3.18 bits per heavy atom. The minimum atomic E-state index is -0.200. The fourth-order valence-electron chi connectivity index (χ4n) is 2.21. The number of halogens is 2. The van der Waals surface area contributed by atoms with Gasteiger partial charge in [-0.25, -0.2) is 9.07 Å². The predicted molar refractivity (Wildman–Crippen MR) is 67.6 cm³/mol. The molecule has 0 aliphatic carbocycles. The van der Waals surface area contributed by atoms with Crippen molar-refractivity contribution in [2.75, 3.05) is 11.9 Å². The fourth-order valence-corrected chi connectivity index (χ4v) is 2.63. The van der Waals surface area contributed by atoms with Crippen LogP contribution >= 0.6 is 15.9 Å². The second-order valence-electron chi connectivity index (χ2n) is 4.07. The van der Waals surface area contributed by atoms with Gasteiger partial charge < -0.3 is 5.32 Å². The van der Waals surface area contributed by atoms with Crippen molar-refractivity contribution in [3.05, 3.63) is 46.3 Å². The Bertz CT molecular complexity index is 552. The third-order valence-electron chi connectivity index (χ3n) is 2.99. The van der Waals surface area contributed by atoms with Crippen molar-refractivity contribution in [1.82, 2.24) is 9.78 Å². The highest BCUT2D eigenvalue weighted by Crippen LogP contribution is 2.33. The highest BCUT2D eigenvalue weighted by atomic mass is 79.9. The summed E-state index contributed by atoms with van der Waals surface area (Å²) in [7, 11) is 0. The quantitative estimate of drug-likeness (QED) is 0.876. The molecule has 1 aromatic carbocycles. The Morgan fingerprint density at radius 1 is 1.47 bits per heavy atom. The topological polar surface area (TPSA) is 29.9 Å². The van der Waals surface area contributed by atoms with Crippen LogP contribution in [0.4, 0.5) is 10.2 Å². The minimum absolute atomic E-state index is 0.105. The summed E-state index contributed by atoms with van der Waals surface area (Å²) in [5.74, 6) is 0.763. The molecule has 5 heteroatoms. The molecule has 0 spiro atoms. The summed E-state index contributed by atoms with van der Waals surface area (Å²) in [6.07, 6.45) is 2.67. The van der Waals surface area contributed by atoms with Gasteiger partial charge >= 0.3 is 0 Å². The van der Waals surface area contributed by atoms with Crippen LogP contribution in [0.3, 0.4) is 0 Å². The Hall–Kier alpha value is -1.36. The Labute approximate surface area is 107 Å². The number of nitrogens with one attached hydrogen (secondary N) is 1. The SMILES string of the molecule is Fc1cccc(C2CCNc3c(Br)cnn32)c1. The molecule has 1 atom stereocenters. The Kier molecular flexibility index (Phi) is 2.63. The van der Waals surface area contributed by atoms with Gasteiger partial charge in [0, 0.05) is 6.54 Å². The normalized spacial score (nSPS) is 18.6. The predicted octanol–water partition coefficient (Wildman–Crippen LogP) is 3.19. The van der Waals surface area contributed by atoms with Gasteiger partial charge in [0.05, 0.1) is 16.7 Å². The third-order valence-corrected chi connectivity index (χ3v) is 3.57. The van der Waals surface area contributed by atoms with Gasteiger partial charge in [0.15, 0.2) is 0 Å². The van der Waals surface area contributed by atoms with Crippen LogP contribution in [0, 0.1) is 5.82 Å². The number of anilines is 1. The monoisotopic (exact) mass is 295 g/mol. The number of hydrogen-bond donors (Lipinski definition) is 1. The maximum Gasteiger partial charge on any atom is 0.139 e. The van der Waals surface area contributed by atoms with Gasteiger partial charge in [0.2, 0.25) is 0 Å². The maximum absolute atomic E-state index is 13.2. The molecule has 88 valence electrons. The van der Waals surface area contributed by atoms with E-state index in [0.717, 1.165) is 28.8 Å². The summed E-state index contributed by atoms with van der Waals surface area (Å²) in [5, 5.41) is 7.61. The first-order valence-corrected chi connectivity index (χ1v) is 6.27. The fraction of sp³-hybridized carbons (Fsp3) is 0.250. The van der Waals surface area contributed by atoms with Crippen LogP contribution in [-0.4, -0.2) is 16.3 Å². The van der Waals surface area contributed by atoms with E-state index in [4.69, 9.17) is 0 Å². The van der Waals surface area contributed by atoms with Crippen LogP contribution in [0.5, 0.6) is 0 Å². The Balaban J connectivity index is 2.06. The molecule has 3 rings (SSSR count). The van der Waals surface area contributed by atoms with Crippen molar-refractivity contribution >= 4 is 21.7 Å². The van der Waals surface area contributed by atoms with E-state index in [1.165, 1.54) is 6.07 Å². The molecule has 1 aliphatic rings. The number of aromatic nitrogens is 2. The zero-order valence-electron chi connectivity index (χ0n) is 9.03. The van der Waals surface area contributed by atoms with Crippen molar-refractivity contribution in [3.8, 4) is 0 Å². The summed E-state index contributed by atoms with van der Waals surface area (Å²) in [6, 6.07) is 6.83. The standard InChI is InChI=1S/C12H11BrFN3/c13-10-7-16-17-11(4-5-15-12(10)17)8-2-1-3-9(14)6-8/h1-3,6-7,11,15H,4-5H2. The molecular weight excluding hydrogens is 285 g/mol. The van der Waals surface area contributed by atoms with E-state index < -0.39 is 0 Å². The lowest BCUT2D eigenvalue weighted by molar-refractivity contribution is 0.478. The minimum Gasteiger partial charge on any atom is -0.369 e. The second kappa shape index (κ2) is 4.14. The number of hydrogen-bond acceptors (Lipinski definition) is 2. The highest BCUT2D eigenvalue weighted by Gasteiger charge is 2.23. The molecule has 0 radical (unpaired) electrons. The largest absolute Gasteiger partial charge is 0.369 e. The number of benzene rings is 1. The molecule has 1 N–H and O–H groups in total. The summed E-state index contributed by atoms with van der Waals surface area (Å²) < 4.78 is 16.1. The van der Waals surface area contributed by atoms with Gasteiger partial charge in [0.25, 0.3) is 0 Å². The molecule has 0 saturated carbocycles. The van der Waals surface area contributed by atoms with Crippen LogP contribution in [0.25, 0.3) is 0 Å². The molecular formula is C12H11BrFN3. The van der Waals surface area contributed by atoms with Gasteiger partial charge in [-0.3, -0.25) is 0 Å². The van der Waals surface area contributed by atoms with E-state index in [9.17, 15) is 4.39 Å². The van der Waals surface area contributed by atoms with Gasteiger partial charge in [-0.2, -0.15) is 5.10 Å². The van der Waals surface area contributed by atoms with E-state index in [0.29, 0.717) is 0 Å². The zero-order chi connectivity index (χ0) is 11.8. The van der Waals surface area contributed by atoms with Crippen molar-refractivity contribution < 1.29 is 4.39 Å². The molecule has 2 aromatic rings. The van der Waals surface area contributed by atoms with Crippen LogP contribution in [-0.2, 0) is 0 Å². The van der Waals surface area contributed by atoms with Crippen LogP contribution in [0.1, 0.15) is 18.0 Å². The molecule has 0 bridgehead atoms. The molecule has 0 fully saturated rings. The lowest BCUT2D eigenvalue weighted by atomic mass is 10.0. The summed E-state index contributed by atoms with van der Waals surface area (Å²) in [6.45, 7) is 0.867. The Morgan fingerprint density at radius 2 is 2.35 bits per heavy atom. The van der Waals surface area contributed by atoms with Gasteiger partial charge in [-0.05, 0) is 40.0 Å². The summed E-state index contributed by atoms with van der Waals surface area (Å²) in [4.78, 5) is 0. The average Bonchev–Trinajstić information content (AvgIpc) is 2.71. The van der Waals surface area contributed by atoms with E-state index in [2.05, 4.69) is 26.3 Å². The van der Waals surface area contributed by atoms with Crippen LogP contribution in [0.15, 0.2) is 34.9 Å². The van der Waals surface area contributed by atoms with Gasteiger partial charge in [-0.15, -0.1) is 0 Å². The lowest BCUT2D eigenvalue weighted by Crippen LogP contribution is -2.24. The van der Waals surface area contributed by atoms with E-state index in [1.807, 2.05) is 10.7 Å². The van der Waals surface area contributed by atoms with Gasteiger partial charge in [0.1, 0.15) is 11.6 Å². The highest BCUT2D eigenvalue weighted by molar-refractivity contribution is 9.10. The number of rotatable bonds is 1. The van der Waals surface area contributed by atoms with Crippen LogP contribution in [0.2, 0.25) is 0 Å². The smallest absolute Gasteiger partial charge is 0.139 e. The van der Waals surface area contributed by atoms with Gasteiger partial charge in [-0.1, -0.05) is 12.1 Å². The molecule has 1 aliphatic heterocycles. The van der Waals surface area contributed by atoms with Crippen molar-refractivity contribution in [1.29, 1.82) is 0 Å². The number of nitrogens with zero attached hydrogens (tertiary/aromatic N) is 2. The molecule has 1 aromatic heterocycles. The van der Waals surface area contributed by atoms with Crippen molar-refractivity contribution in [3.63, 3.8) is 0 Å². The van der Waals surface area contributed by atoms with E-state index in [1.54, 1.807) is 18.3 Å². The van der Waals surface area contributed by atoms with E-state index >= 15 is 0 Å². The lowest BCUT2D eigenvalue weighted by Gasteiger charge is -2.26.